The Morgan fingerprint density at radius 2 is 2.15 bits per heavy atom. The first-order valence-electron chi connectivity index (χ1n) is 6.66. The molecule has 0 aliphatic heterocycles. The largest absolute Gasteiger partial charge is 0.346 e. The molecule has 1 atom stereocenters. The SMILES string of the molecule is NC(Cc1ccccc1)c1nc(C(=O)NC2CC2)no1. The van der Waals surface area contributed by atoms with Crippen molar-refractivity contribution in [2.45, 2.75) is 31.3 Å². The van der Waals surface area contributed by atoms with E-state index in [4.69, 9.17) is 10.3 Å². The van der Waals surface area contributed by atoms with E-state index in [1.807, 2.05) is 30.3 Å². The highest BCUT2D eigenvalue weighted by atomic mass is 16.5. The van der Waals surface area contributed by atoms with E-state index in [0.29, 0.717) is 6.42 Å². The molecule has 104 valence electrons. The number of carbonyl (C=O) groups excluding carboxylic acids is 1. The fourth-order valence-electron chi connectivity index (χ4n) is 1.91. The summed E-state index contributed by atoms with van der Waals surface area (Å²) in [5.74, 6) is 0.0413. The number of aromatic nitrogens is 2. The summed E-state index contributed by atoms with van der Waals surface area (Å²) in [4.78, 5) is 15.8. The van der Waals surface area contributed by atoms with Gasteiger partial charge in [-0.15, -0.1) is 0 Å². The molecule has 0 saturated heterocycles. The van der Waals surface area contributed by atoms with Crippen LogP contribution in [-0.4, -0.2) is 22.1 Å². The van der Waals surface area contributed by atoms with E-state index in [1.54, 1.807) is 0 Å². The minimum Gasteiger partial charge on any atom is -0.346 e. The molecule has 1 aromatic carbocycles. The van der Waals surface area contributed by atoms with Gasteiger partial charge in [0.15, 0.2) is 0 Å². The molecule has 1 aliphatic rings. The van der Waals surface area contributed by atoms with Crippen LogP contribution in [0.15, 0.2) is 34.9 Å². The standard InChI is InChI=1S/C14H16N4O2/c15-11(8-9-4-2-1-3-5-9)14-17-12(18-20-14)13(19)16-10-6-7-10/h1-5,10-11H,6-8,15H2,(H,16,19). The number of nitrogens with one attached hydrogen (secondary N) is 1. The van der Waals surface area contributed by atoms with E-state index >= 15 is 0 Å². The minimum absolute atomic E-state index is 0.0513. The molecule has 0 bridgehead atoms. The smallest absolute Gasteiger partial charge is 0.292 e. The topological polar surface area (TPSA) is 94.0 Å². The van der Waals surface area contributed by atoms with Gasteiger partial charge in [-0.2, -0.15) is 4.98 Å². The lowest BCUT2D eigenvalue weighted by Crippen LogP contribution is -2.26. The summed E-state index contributed by atoms with van der Waals surface area (Å²) in [6.45, 7) is 0. The maximum Gasteiger partial charge on any atom is 0.292 e. The van der Waals surface area contributed by atoms with Crippen molar-refractivity contribution >= 4 is 5.91 Å². The van der Waals surface area contributed by atoms with Crippen LogP contribution >= 0.6 is 0 Å². The second-order valence-corrected chi connectivity index (χ2v) is 5.00. The number of nitrogens with two attached hydrogens (primary N) is 1. The number of rotatable bonds is 5. The Morgan fingerprint density at radius 3 is 2.85 bits per heavy atom. The fraction of sp³-hybridized carbons (Fsp3) is 0.357. The van der Waals surface area contributed by atoms with Crippen molar-refractivity contribution in [3.8, 4) is 0 Å². The predicted molar refractivity (Wildman–Crippen MR) is 71.9 cm³/mol. The minimum atomic E-state index is -0.410. The summed E-state index contributed by atoms with van der Waals surface area (Å²) >= 11 is 0. The maximum atomic E-state index is 11.8. The number of amides is 1. The summed E-state index contributed by atoms with van der Waals surface area (Å²) in [5.41, 5.74) is 7.11. The fourth-order valence-corrected chi connectivity index (χ4v) is 1.91. The zero-order chi connectivity index (χ0) is 13.9. The van der Waals surface area contributed by atoms with Crippen LogP contribution in [-0.2, 0) is 6.42 Å². The van der Waals surface area contributed by atoms with E-state index in [0.717, 1.165) is 18.4 Å². The summed E-state index contributed by atoms with van der Waals surface area (Å²) in [5, 5.41) is 6.49. The Hall–Kier alpha value is -2.21. The average Bonchev–Trinajstić information content (AvgIpc) is 3.12. The van der Waals surface area contributed by atoms with Crippen molar-refractivity contribution in [2.24, 2.45) is 5.73 Å². The Kier molecular flexibility index (Phi) is 3.47. The van der Waals surface area contributed by atoms with Gasteiger partial charge in [-0.1, -0.05) is 35.5 Å². The summed E-state index contributed by atoms with van der Waals surface area (Å²) in [7, 11) is 0. The van der Waals surface area contributed by atoms with Crippen molar-refractivity contribution in [3.63, 3.8) is 0 Å². The van der Waals surface area contributed by atoms with Crippen LogP contribution in [0.2, 0.25) is 0 Å². The lowest BCUT2D eigenvalue weighted by molar-refractivity contribution is 0.0937. The number of benzene rings is 1. The average molecular weight is 272 g/mol. The van der Waals surface area contributed by atoms with E-state index < -0.39 is 6.04 Å². The third-order valence-corrected chi connectivity index (χ3v) is 3.17. The highest BCUT2D eigenvalue weighted by Crippen LogP contribution is 2.19. The Labute approximate surface area is 116 Å². The molecule has 0 radical (unpaired) electrons. The third-order valence-electron chi connectivity index (χ3n) is 3.17. The Balaban J connectivity index is 1.64. The molecular formula is C14H16N4O2. The van der Waals surface area contributed by atoms with Gasteiger partial charge in [0, 0.05) is 6.04 Å². The van der Waals surface area contributed by atoms with Crippen LogP contribution in [0, 0.1) is 0 Å². The van der Waals surface area contributed by atoms with Crippen LogP contribution in [0.5, 0.6) is 0 Å². The van der Waals surface area contributed by atoms with E-state index in [9.17, 15) is 4.79 Å². The van der Waals surface area contributed by atoms with E-state index in [2.05, 4.69) is 15.5 Å². The molecule has 1 unspecified atom stereocenters. The van der Waals surface area contributed by atoms with Crippen molar-refractivity contribution in [3.05, 3.63) is 47.6 Å². The van der Waals surface area contributed by atoms with Crippen molar-refractivity contribution in [1.82, 2.24) is 15.5 Å². The normalized spacial score (nSPS) is 15.8. The molecule has 3 rings (SSSR count). The predicted octanol–water partition coefficient (Wildman–Crippen LogP) is 1.20. The molecule has 3 N–H and O–H groups in total. The van der Waals surface area contributed by atoms with E-state index in [1.165, 1.54) is 0 Å². The van der Waals surface area contributed by atoms with Gasteiger partial charge in [0.05, 0.1) is 6.04 Å². The molecule has 1 amide bonds. The second kappa shape index (κ2) is 5.42. The highest BCUT2D eigenvalue weighted by Gasteiger charge is 2.26. The Bertz CT molecular complexity index is 592. The molecule has 2 aromatic rings. The maximum absolute atomic E-state index is 11.8. The quantitative estimate of drug-likeness (QED) is 0.853. The van der Waals surface area contributed by atoms with Gasteiger partial charge in [-0.25, -0.2) is 0 Å². The van der Waals surface area contributed by atoms with Crippen molar-refractivity contribution < 1.29 is 9.32 Å². The van der Waals surface area contributed by atoms with Gasteiger partial charge >= 0.3 is 0 Å². The number of hydrogen-bond donors (Lipinski definition) is 2. The number of hydrogen-bond acceptors (Lipinski definition) is 5. The molecule has 1 aromatic heterocycles. The molecular weight excluding hydrogens is 256 g/mol. The van der Waals surface area contributed by atoms with Crippen LogP contribution in [0.4, 0.5) is 0 Å². The van der Waals surface area contributed by atoms with Crippen molar-refractivity contribution in [1.29, 1.82) is 0 Å². The first-order chi connectivity index (χ1) is 9.72. The number of nitrogens with zero attached hydrogens (tertiary/aromatic N) is 2. The Morgan fingerprint density at radius 1 is 1.40 bits per heavy atom. The van der Waals surface area contributed by atoms with Crippen LogP contribution in [0.25, 0.3) is 0 Å². The van der Waals surface area contributed by atoms with Gasteiger partial charge < -0.3 is 15.6 Å². The molecule has 1 aliphatic carbocycles. The lowest BCUT2D eigenvalue weighted by Gasteiger charge is -2.05. The zero-order valence-corrected chi connectivity index (χ0v) is 11.0. The van der Waals surface area contributed by atoms with Crippen LogP contribution in [0.3, 0.4) is 0 Å². The van der Waals surface area contributed by atoms with Gasteiger partial charge in [-0.05, 0) is 24.8 Å². The summed E-state index contributed by atoms with van der Waals surface area (Å²) < 4.78 is 5.07. The second-order valence-electron chi connectivity index (χ2n) is 5.00. The molecule has 0 spiro atoms. The molecule has 20 heavy (non-hydrogen) atoms. The van der Waals surface area contributed by atoms with Gasteiger partial charge in [0.2, 0.25) is 5.89 Å². The van der Waals surface area contributed by atoms with Crippen LogP contribution < -0.4 is 11.1 Å². The first-order valence-corrected chi connectivity index (χ1v) is 6.66. The summed E-state index contributed by atoms with van der Waals surface area (Å²) in [6.07, 6.45) is 2.63. The highest BCUT2D eigenvalue weighted by molar-refractivity contribution is 5.90. The number of carbonyl (C=O) groups is 1. The molecule has 6 nitrogen and oxygen atoms in total. The van der Waals surface area contributed by atoms with E-state index in [-0.39, 0.29) is 23.7 Å². The molecule has 1 heterocycles. The molecule has 6 heteroatoms. The van der Waals surface area contributed by atoms with Crippen molar-refractivity contribution in [2.75, 3.05) is 0 Å². The molecule has 1 saturated carbocycles. The third kappa shape index (κ3) is 3.03. The lowest BCUT2D eigenvalue weighted by atomic mass is 10.1. The van der Waals surface area contributed by atoms with Crippen LogP contribution in [0.1, 0.15) is 41.0 Å². The van der Waals surface area contributed by atoms with Gasteiger partial charge in [0.1, 0.15) is 0 Å². The van der Waals surface area contributed by atoms with Gasteiger partial charge in [-0.3, -0.25) is 4.79 Å². The summed E-state index contributed by atoms with van der Waals surface area (Å²) in [6, 6.07) is 9.67. The molecule has 1 fully saturated rings. The first kappa shape index (κ1) is 12.8. The van der Waals surface area contributed by atoms with Gasteiger partial charge in [0.25, 0.3) is 11.7 Å². The monoisotopic (exact) mass is 272 g/mol. The zero-order valence-electron chi connectivity index (χ0n) is 11.0.